The molecule has 1 aliphatic rings. The molecule has 0 aliphatic carbocycles. The van der Waals surface area contributed by atoms with Crippen LogP contribution in [-0.2, 0) is 26.0 Å². The summed E-state index contributed by atoms with van der Waals surface area (Å²) in [6.07, 6.45) is 0.884. The molecule has 2 aromatic carbocycles. The van der Waals surface area contributed by atoms with Crippen LogP contribution in [0.15, 0.2) is 53.4 Å². The van der Waals surface area contributed by atoms with Crippen LogP contribution in [0.25, 0.3) is 0 Å². The highest BCUT2D eigenvalue weighted by Gasteiger charge is 2.26. The predicted molar refractivity (Wildman–Crippen MR) is 114 cm³/mol. The summed E-state index contributed by atoms with van der Waals surface area (Å²) in [5.74, 6) is 0.391. The molecule has 29 heavy (non-hydrogen) atoms. The second-order valence-electron chi connectivity index (χ2n) is 7.49. The van der Waals surface area contributed by atoms with Crippen molar-refractivity contribution in [1.29, 1.82) is 0 Å². The van der Waals surface area contributed by atoms with Gasteiger partial charge in [0.1, 0.15) is 0 Å². The molecule has 1 N–H and O–H groups in total. The molecule has 0 saturated carbocycles. The van der Waals surface area contributed by atoms with Crippen LogP contribution in [0.4, 0.5) is 5.69 Å². The molecule has 0 bridgehead atoms. The van der Waals surface area contributed by atoms with Gasteiger partial charge in [0.2, 0.25) is 15.9 Å². The van der Waals surface area contributed by atoms with E-state index in [9.17, 15) is 13.2 Å². The minimum Gasteiger partial charge on any atom is -0.379 e. The highest BCUT2D eigenvalue weighted by molar-refractivity contribution is 7.89. The zero-order valence-electron chi connectivity index (χ0n) is 16.9. The lowest BCUT2D eigenvalue weighted by Crippen LogP contribution is -2.40. The topological polar surface area (TPSA) is 75.7 Å². The van der Waals surface area contributed by atoms with Gasteiger partial charge in [0.05, 0.1) is 18.1 Å². The van der Waals surface area contributed by atoms with E-state index in [2.05, 4.69) is 19.2 Å². The van der Waals surface area contributed by atoms with Crippen molar-refractivity contribution in [1.82, 2.24) is 4.31 Å². The average Bonchev–Trinajstić information content (AvgIpc) is 2.73. The first kappa shape index (κ1) is 21.5. The molecule has 156 valence electrons. The molecule has 3 rings (SSSR count). The van der Waals surface area contributed by atoms with Crippen LogP contribution in [0, 0.1) is 0 Å². The summed E-state index contributed by atoms with van der Waals surface area (Å²) in [6, 6.07) is 14.7. The van der Waals surface area contributed by atoms with E-state index in [1.165, 1.54) is 9.87 Å². The summed E-state index contributed by atoms with van der Waals surface area (Å²) < 4.78 is 31.9. The molecule has 2 aromatic rings. The second kappa shape index (κ2) is 9.52. The van der Waals surface area contributed by atoms with E-state index < -0.39 is 10.0 Å². The van der Waals surface area contributed by atoms with Gasteiger partial charge in [-0.3, -0.25) is 4.79 Å². The van der Waals surface area contributed by atoms with Crippen molar-refractivity contribution < 1.29 is 17.9 Å². The minimum absolute atomic E-state index is 0.0627. The summed E-state index contributed by atoms with van der Waals surface area (Å²) in [5.41, 5.74) is 2.94. The first-order valence-corrected chi connectivity index (χ1v) is 11.4. The number of carbonyl (C=O) groups excluding carboxylic acids is 1. The number of ether oxygens (including phenoxy) is 1. The lowest BCUT2D eigenvalue weighted by atomic mass is 10.0. The third-order valence-corrected chi connectivity index (χ3v) is 6.95. The quantitative estimate of drug-likeness (QED) is 0.751. The van der Waals surface area contributed by atoms with Crippen molar-refractivity contribution in [2.45, 2.75) is 37.5 Å². The van der Waals surface area contributed by atoms with Crippen LogP contribution < -0.4 is 5.32 Å². The molecular formula is C22H28N2O4S. The van der Waals surface area contributed by atoms with E-state index in [1.54, 1.807) is 24.3 Å². The standard InChI is InChI=1S/C22H28N2O4S/c1-17(2)19-6-8-20(9-7-19)23-22(25)12-5-18-3-10-21(11-4-18)29(26,27)24-13-15-28-16-14-24/h3-4,6-11,17H,5,12-16H2,1-2H3,(H,23,25). The maximum absolute atomic E-state index is 12.6. The van der Waals surface area contributed by atoms with E-state index in [-0.39, 0.29) is 10.8 Å². The fraction of sp³-hybridized carbons (Fsp3) is 0.409. The SMILES string of the molecule is CC(C)c1ccc(NC(=O)CCc2ccc(S(=O)(=O)N3CCOCC3)cc2)cc1. The largest absolute Gasteiger partial charge is 0.379 e. The number of benzene rings is 2. The van der Waals surface area contributed by atoms with Gasteiger partial charge < -0.3 is 10.1 Å². The molecule has 1 aliphatic heterocycles. The number of hydrogen-bond donors (Lipinski definition) is 1. The molecule has 0 atom stereocenters. The van der Waals surface area contributed by atoms with Crippen LogP contribution in [0.3, 0.4) is 0 Å². The van der Waals surface area contributed by atoms with Crippen molar-refractivity contribution in [2.75, 3.05) is 31.6 Å². The fourth-order valence-electron chi connectivity index (χ4n) is 3.20. The third-order valence-electron chi connectivity index (χ3n) is 5.03. The Labute approximate surface area is 172 Å². The van der Waals surface area contributed by atoms with Gasteiger partial charge in [-0.2, -0.15) is 4.31 Å². The van der Waals surface area contributed by atoms with E-state index in [1.807, 2.05) is 24.3 Å². The molecule has 7 heteroatoms. The second-order valence-corrected chi connectivity index (χ2v) is 9.42. The maximum atomic E-state index is 12.6. The summed E-state index contributed by atoms with van der Waals surface area (Å²) in [7, 11) is -3.49. The Morgan fingerprint density at radius 1 is 1.03 bits per heavy atom. The first-order chi connectivity index (χ1) is 13.9. The number of carbonyl (C=O) groups is 1. The Hall–Kier alpha value is -2.22. The van der Waals surface area contributed by atoms with Crippen molar-refractivity contribution in [3.05, 3.63) is 59.7 Å². The molecular weight excluding hydrogens is 388 g/mol. The number of amides is 1. The van der Waals surface area contributed by atoms with Gasteiger partial charge in [0.25, 0.3) is 0 Å². The van der Waals surface area contributed by atoms with E-state index in [4.69, 9.17) is 4.74 Å². The van der Waals surface area contributed by atoms with Crippen molar-refractivity contribution >= 4 is 21.6 Å². The third kappa shape index (κ3) is 5.65. The van der Waals surface area contributed by atoms with Crippen LogP contribution in [0.1, 0.15) is 37.3 Å². The highest BCUT2D eigenvalue weighted by Crippen LogP contribution is 2.19. The van der Waals surface area contributed by atoms with Gasteiger partial charge >= 0.3 is 0 Å². The van der Waals surface area contributed by atoms with E-state index in [0.717, 1.165) is 11.3 Å². The Balaban J connectivity index is 1.53. The molecule has 6 nitrogen and oxygen atoms in total. The average molecular weight is 417 g/mol. The monoisotopic (exact) mass is 416 g/mol. The molecule has 0 spiro atoms. The number of nitrogens with zero attached hydrogens (tertiary/aromatic N) is 1. The van der Waals surface area contributed by atoms with Crippen LogP contribution >= 0.6 is 0 Å². The molecule has 1 heterocycles. The molecule has 0 radical (unpaired) electrons. The van der Waals surface area contributed by atoms with Gasteiger partial charge in [-0.15, -0.1) is 0 Å². The Morgan fingerprint density at radius 2 is 1.66 bits per heavy atom. The number of nitrogens with one attached hydrogen (secondary N) is 1. The fourth-order valence-corrected chi connectivity index (χ4v) is 4.60. The van der Waals surface area contributed by atoms with Gasteiger partial charge in [-0.25, -0.2) is 8.42 Å². The number of sulfonamides is 1. The smallest absolute Gasteiger partial charge is 0.243 e. The molecule has 1 saturated heterocycles. The van der Waals surface area contributed by atoms with Gasteiger partial charge in [0, 0.05) is 25.2 Å². The molecule has 0 aromatic heterocycles. The highest BCUT2D eigenvalue weighted by atomic mass is 32.2. The molecule has 1 fully saturated rings. The van der Waals surface area contributed by atoms with Gasteiger partial charge in [0.15, 0.2) is 0 Å². The summed E-state index contributed by atoms with van der Waals surface area (Å²) in [4.78, 5) is 12.5. The van der Waals surface area contributed by atoms with Gasteiger partial charge in [-0.1, -0.05) is 38.1 Å². The molecule has 1 amide bonds. The summed E-state index contributed by atoms with van der Waals surface area (Å²) >= 11 is 0. The van der Waals surface area contributed by atoms with Crippen LogP contribution in [-0.4, -0.2) is 44.9 Å². The minimum atomic E-state index is -3.49. The van der Waals surface area contributed by atoms with Crippen LogP contribution in [0.2, 0.25) is 0 Å². The van der Waals surface area contributed by atoms with Crippen molar-refractivity contribution in [3.63, 3.8) is 0 Å². The van der Waals surface area contributed by atoms with Crippen molar-refractivity contribution in [3.8, 4) is 0 Å². The number of anilines is 1. The summed E-state index contributed by atoms with van der Waals surface area (Å²) in [6.45, 7) is 5.86. The van der Waals surface area contributed by atoms with E-state index in [0.29, 0.717) is 45.1 Å². The normalized spacial score (nSPS) is 15.4. The zero-order valence-corrected chi connectivity index (χ0v) is 17.7. The zero-order chi connectivity index (χ0) is 20.9. The molecule has 0 unspecified atom stereocenters. The lowest BCUT2D eigenvalue weighted by molar-refractivity contribution is -0.116. The Kier molecular flexibility index (Phi) is 7.05. The number of aryl methyl sites for hydroxylation is 1. The predicted octanol–water partition coefficient (Wildman–Crippen LogP) is 3.40. The van der Waals surface area contributed by atoms with E-state index >= 15 is 0 Å². The summed E-state index contributed by atoms with van der Waals surface area (Å²) in [5, 5.41) is 2.90. The lowest BCUT2D eigenvalue weighted by Gasteiger charge is -2.26. The Bertz CT molecular complexity index is 916. The van der Waals surface area contributed by atoms with Crippen LogP contribution in [0.5, 0.6) is 0 Å². The van der Waals surface area contributed by atoms with Gasteiger partial charge in [-0.05, 0) is 47.7 Å². The maximum Gasteiger partial charge on any atom is 0.243 e. The first-order valence-electron chi connectivity index (χ1n) is 9.93. The van der Waals surface area contributed by atoms with Crippen molar-refractivity contribution in [2.24, 2.45) is 0 Å². The Morgan fingerprint density at radius 3 is 2.24 bits per heavy atom. The number of hydrogen-bond acceptors (Lipinski definition) is 4. The number of rotatable bonds is 7. The number of morpholine rings is 1.